The fourth-order valence-electron chi connectivity index (χ4n) is 3.88. The maximum Gasteiger partial charge on any atom is 0.167 e. The van der Waals surface area contributed by atoms with Gasteiger partial charge in [0.25, 0.3) is 0 Å². The molecule has 0 heterocycles. The third kappa shape index (κ3) is 10.7. The van der Waals surface area contributed by atoms with Crippen molar-refractivity contribution in [1.29, 1.82) is 0 Å². The van der Waals surface area contributed by atoms with E-state index in [0.717, 1.165) is 42.5 Å². The van der Waals surface area contributed by atoms with Crippen LogP contribution in [0.5, 0.6) is 0 Å². The predicted molar refractivity (Wildman–Crippen MR) is 120 cm³/mol. The van der Waals surface area contributed by atoms with E-state index >= 15 is 0 Å². The molecule has 0 aromatic carbocycles. The first-order valence-electron chi connectivity index (χ1n) is 11.4. The maximum atomic E-state index is 12.3. The van der Waals surface area contributed by atoms with Gasteiger partial charge in [-0.1, -0.05) is 100 Å². The van der Waals surface area contributed by atoms with Crippen molar-refractivity contribution < 1.29 is 9.53 Å². The minimum Gasteiger partial charge on any atom is -0.498 e. The number of ketones is 1. The molecule has 2 nitrogen and oxygen atoms in total. The van der Waals surface area contributed by atoms with Crippen molar-refractivity contribution >= 4 is 21.7 Å². The van der Waals surface area contributed by atoms with Crippen LogP contribution in [-0.4, -0.2) is 17.7 Å². The summed E-state index contributed by atoms with van der Waals surface area (Å²) in [6.07, 6.45) is 19.5. The molecule has 0 aromatic rings. The molecule has 0 N–H and O–H groups in total. The van der Waals surface area contributed by atoms with Gasteiger partial charge in [-0.05, 0) is 26.2 Å². The number of carbonyl (C=O) groups excluding carboxylic acids is 1. The Labute approximate surface area is 177 Å². The lowest BCUT2D eigenvalue weighted by molar-refractivity contribution is -0.124. The second-order valence-corrected chi connectivity index (χ2v) is 9.69. The number of hydrogen-bond donors (Lipinski definition) is 0. The Kier molecular flexibility index (Phi) is 13.4. The Bertz CT molecular complexity index is 440. The van der Waals surface area contributed by atoms with Crippen molar-refractivity contribution in [3.63, 3.8) is 0 Å². The third-order valence-corrected chi connectivity index (χ3v) is 6.47. The van der Waals surface area contributed by atoms with E-state index in [1.807, 2.05) is 20.8 Å². The van der Waals surface area contributed by atoms with Gasteiger partial charge < -0.3 is 4.74 Å². The van der Waals surface area contributed by atoms with Gasteiger partial charge in [0.2, 0.25) is 0 Å². The monoisotopic (exact) mass is 442 g/mol. The average molecular weight is 444 g/mol. The van der Waals surface area contributed by atoms with E-state index in [1.54, 1.807) is 0 Å². The molecule has 0 aromatic heterocycles. The highest BCUT2D eigenvalue weighted by Crippen LogP contribution is 2.35. The van der Waals surface area contributed by atoms with Gasteiger partial charge in [0.05, 0.1) is 6.61 Å². The van der Waals surface area contributed by atoms with E-state index in [0.29, 0.717) is 0 Å². The van der Waals surface area contributed by atoms with Crippen molar-refractivity contribution in [2.75, 3.05) is 11.9 Å². The van der Waals surface area contributed by atoms with Gasteiger partial charge in [-0.15, -0.1) is 0 Å². The molecule has 0 bridgehead atoms. The van der Waals surface area contributed by atoms with Crippen molar-refractivity contribution in [3.8, 4) is 0 Å². The van der Waals surface area contributed by atoms with Crippen molar-refractivity contribution in [3.05, 3.63) is 11.3 Å². The molecule has 0 atom stereocenters. The van der Waals surface area contributed by atoms with Crippen LogP contribution in [0.25, 0.3) is 0 Å². The van der Waals surface area contributed by atoms with Crippen LogP contribution in [0.2, 0.25) is 0 Å². The predicted octanol–water partition coefficient (Wildman–Crippen LogP) is 8.13. The molecule has 1 aliphatic rings. The fraction of sp³-hybridized carbons (Fsp3) is 0.875. The minimum absolute atomic E-state index is 0.204. The summed E-state index contributed by atoms with van der Waals surface area (Å²) in [6, 6.07) is 0. The number of Topliss-reactive ketones (excluding diaryl/α,β-unsaturated/α-hetero) is 1. The van der Waals surface area contributed by atoms with Crippen LogP contribution in [0.4, 0.5) is 0 Å². The minimum atomic E-state index is -0.204. The molecule has 0 spiro atoms. The lowest BCUT2D eigenvalue weighted by Gasteiger charge is -2.30. The summed E-state index contributed by atoms with van der Waals surface area (Å²) in [5, 5.41) is 1.16. The highest BCUT2D eigenvalue weighted by Gasteiger charge is 2.34. The fourth-order valence-corrected chi connectivity index (χ4v) is 4.27. The highest BCUT2D eigenvalue weighted by atomic mass is 79.9. The molecule has 158 valence electrons. The first-order chi connectivity index (χ1) is 13.0. The summed E-state index contributed by atoms with van der Waals surface area (Å²) in [5.74, 6) is 1.22. The quantitative estimate of drug-likeness (QED) is 0.178. The first-order valence-corrected chi connectivity index (χ1v) is 12.5. The third-order valence-electron chi connectivity index (χ3n) is 5.90. The van der Waals surface area contributed by atoms with Crippen LogP contribution in [-0.2, 0) is 9.53 Å². The lowest BCUT2D eigenvalue weighted by Crippen LogP contribution is -2.30. The van der Waals surface area contributed by atoms with Crippen molar-refractivity contribution in [1.82, 2.24) is 0 Å². The molecule has 1 aliphatic carbocycles. The molecule has 0 amide bonds. The summed E-state index contributed by atoms with van der Waals surface area (Å²) in [5.41, 5.74) is 0.652. The SMILES string of the molecule is CC1=C(OCCCCCCCCCCCCCCCBr)CCC(C)(C)C1=O. The van der Waals surface area contributed by atoms with Gasteiger partial charge in [0.15, 0.2) is 5.78 Å². The standard InChI is InChI=1S/C24H43BrO2/c1-21-22(17-18-24(2,3)23(21)26)27-20-16-14-12-10-8-6-4-5-7-9-11-13-15-19-25/h4-20H2,1-3H3. The Hall–Kier alpha value is -0.310. The number of unbranched alkanes of at least 4 members (excludes halogenated alkanes) is 12. The van der Waals surface area contributed by atoms with Gasteiger partial charge in [-0.25, -0.2) is 0 Å². The van der Waals surface area contributed by atoms with E-state index in [4.69, 9.17) is 4.74 Å². The molecule has 0 saturated carbocycles. The van der Waals surface area contributed by atoms with Gasteiger partial charge in [-0.2, -0.15) is 0 Å². The number of hydrogen-bond acceptors (Lipinski definition) is 2. The smallest absolute Gasteiger partial charge is 0.167 e. The highest BCUT2D eigenvalue weighted by molar-refractivity contribution is 9.09. The zero-order valence-corrected chi connectivity index (χ0v) is 19.8. The number of carbonyl (C=O) groups is 1. The molecule has 0 fully saturated rings. The van der Waals surface area contributed by atoms with E-state index < -0.39 is 0 Å². The Morgan fingerprint density at radius 2 is 1.26 bits per heavy atom. The molecular weight excluding hydrogens is 400 g/mol. The van der Waals surface area contributed by atoms with Crippen molar-refractivity contribution in [2.24, 2.45) is 5.41 Å². The number of halogens is 1. The number of rotatable bonds is 16. The van der Waals surface area contributed by atoms with E-state index in [-0.39, 0.29) is 11.2 Å². The van der Waals surface area contributed by atoms with Gasteiger partial charge in [-0.3, -0.25) is 4.79 Å². The number of allylic oxidation sites excluding steroid dienone is 2. The number of ether oxygens (including phenoxy) is 1. The topological polar surface area (TPSA) is 26.3 Å². The van der Waals surface area contributed by atoms with Gasteiger partial charge in [0, 0.05) is 22.7 Å². The van der Waals surface area contributed by atoms with Crippen LogP contribution in [0, 0.1) is 5.41 Å². The maximum absolute atomic E-state index is 12.3. The largest absolute Gasteiger partial charge is 0.498 e. The second-order valence-electron chi connectivity index (χ2n) is 8.89. The summed E-state index contributed by atoms with van der Waals surface area (Å²) in [4.78, 5) is 12.3. The Morgan fingerprint density at radius 3 is 1.74 bits per heavy atom. The molecular formula is C24H43BrO2. The Balaban J connectivity index is 1.90. The average Bonchev–Trinajstić information content (AvgIpc) is 2.65. The summed E-state index contributed by atoms with van der Waals surface area (Å²) in [7, 11) is 0. The molecule has 27 heavy (non-hydrogen) atoms. The normalized spacial score (nSPS) is 16.8. The van der Waals surface area contributed by atoms with Crippen LogP contribution < -0.4 is 0 Å². The van der Waals surface area contributed by atoms with E-state index in [9.17, 15) is 4.79 Å². The zero-order valence-electron chi connectivity index (χ0n) is 18.2. The van der Waals surface area contributed by atoms with E-state index in [2.05, 4.69) is 15.9 Å². The molecule has 3 heteroatoms. The Morgan fingerprint density at radius 1 is 0.815 bits per heavy atom. The van der Waals surface area contributed by atoms with E-state index in [1.165, 1.54) is 77.0 Å². The lowest BCUT2D eigenvalue weighted by atomic mass is 9.76. The first kappa shape index (κ1) is 24.7. The second kappa shape index (κ2) is 14.7. The summed E-state index contributed by atoms with van der Waals surface area (Å²) in [6.45, 7) is 6.79. The zero-order chi connectivity index (χ0) is 20.0. The van der Waals surface area contributed by atoms with Gasteiger partial charge in [0.1, 0.15) is 5.76 Å². The summed E-state index contributed by atoms with van der Waals surface area (Å²) < 4.78 is 5.92. The summed E-state index contributed by atoms with van der Waals surface area (Å²) >= 11 is 3.49. The van der Waals surface area contributed by atoms with Crippen LogP contribution >= 0.6 is 15.9 Å². The van der Waals surface area contributed by atoms with Crippen LogP contribution in [0.15, 0.2) is 11.3 Å². The van der Waals surface area contributed by atoms with Crippen LogP contribution in [0.1, 0.15) is 117 Å². The molecule has 1 rings (SSSR count). The van der Waals surface area contributed by atoms with Gasteiger partial charge >= 0.3 is 0 Å². The molecule has 0 unspecified atom stereocenters. The number of alkyl halides is 1. The van der Waals surface area contributed by atoms with Crippen LogP contribution in [0.3, 0.4) is 0 Å². The van der Waals surface area contributed by atoms with Crippen molar-refractivity contribution in [2.45, 2.75) is 117 Å². The molecule has 0 saturated heterocycles. The molecule has 0 aliphatic heterocycles. The molecule has 0 radical (unpaired) electrons.